The highest BCUT2D eigenvalue weighted by atomic mass is 16.5. The zero-order chi connectivity index (χ0) is 13.8. The van der Waals surface area contributed by atoms with Crippen molar-refractivity contribution in [1.29, 1.82) is 5.26 Å². The minimum absolute atomic E-state index is 0.217. The quantitative estimate of drug-likeness (QED) is 0.865. The fraction of sp³-hybridized carbons (Fsp3) is 0.462. The largest absolute Gasteiger partial charge is 0.481 e. The number of hydrogen-bond donors (Lipinski definition) is 1. The van der Waals surface area contributed by atoms with E-state index in [1.807, 2.05) is 17.9 Å². The first kappa shape index (κ1) is 13.3. The molecule has 1 aromatic heterocycles. The van der Waals surface area contributed by atoms with Gasteiger partial charge in [0.05, 0.1) is 19.3 Å². The predicted molar refractivity (Wildman–Crippen MR) is 67.7 cm³/mol. The van der Waals surface area contributed by atoms with Crippen molar-refractivity contribution >= 4 is 11.8 Å². The Hall–Kier alpha value is -2.13. The highest BCUT2D eigenvalue weighted by Crippen LogP contribution is 2.24. The molecule has 0 aliphatic carbocycles. The second-order valence-corrected chi connectivity index (χ2v) is 4.33. The predicted octanol–water partition coefficient (Wildman–Crippen LogP) is 0.879. The molecular weight excluding hydrogens is 246 g/mol. The summed E-state index contributed by atoms with van der Waals surface area (Å²) < 4.78 is 5.28. The van der Waals surface area contributed by atoms with Crippen molar-refractivity contribution in [1.82, 2.24) is 4.98 Å². The minimum atomic E-state index is -0.864. The van der Waals surface area contributed by atoms with Crippen LogP contribution in [0.3, 0.4) is 0 Å². The molecule has 2 atom stereocenters. The van der Waals surface area contributed by atoms with Crippen LogP contribution >= 0.6 is 0 Å². The van der Waals surface area contributed by atoms with Crippen molar-refractivity contribution in [3.8, 4) is 6.07 Å². The van der Waals surface area contributed by atoms with Crippen LogP contribution in [0.5, 0.6) is 0 Å². The van der Waals surface area contributed by atoms with E-state index in [9.17, 15) is 9.90 Å². The SMILES string of the molecule is CCN(c1cccc(C#N)n1)C1COCC1C(=O)O. The molecular formula is C13H15N3O3. The van der Waals surface area contributed by atoms with Gasteiger partial charge in [0.25, 0.3) is 0 Å². The van der Waals surface area contributed by atoms with Gasteiger partial charge in [-0.15, -0.1) is 0 Å². The number of nitrogens with zero attached hydrogens (tertiary/aromatic N) is 3. The molecule has 0 spiro atoms. The van der Waals surface area contributed by atoms with Gasteiger partial charge in [0, 0.05) is 6.54 Å². The molecule has 0 amide bonds. The Morgan fingerprint density at radius 3 is 3.05 bits per heavy atom. The van der Waals surface area contributed by atoms with Crippen LogP contribution < -0.4 is 4.90 Å². The normalized spacial score (nSPS) is 21.9. The third-order valence-corrected chi connectivity index (χ3v) is 3.25. The summed E-state index contributed by atoms with van der Waals surface area (Å²) in [5.74, 6) is -0.812. The van der Waals surface area contributed by atoms with Crippen LogP contribution in [0.15, 0.2) is 18.2 Å². The summed E-state index contributed by atoms with van der Waals surface area (Å²) in [5.41, 5.74) is 0.321. The lowest BCUT2D eigenvalue weighted by molar-refractivity contribution is -0.141. The lowest BCUT2D eigenvalue weighted by Crippen LogP contribution is -2.43. The molecule has 2 heterocycles. The molecule has 0 radical (unpaired) electrons. The molecule has 1 fully saturated rings. The lowest BCUT2D eigenvalue weighted by atomic mass is 10.0. The summed E-state index contributed by atoms with van der Waals surface area (Å²) in [7, 11) is 0. The summed E-state index contributed by atoms with van der Waals surface area (Å²) in [6.07, 6.45) is 0. The first-order chi connectivity index (χ1) is 9.17. The number of hydrogen-bond acceptors (Lipinski definition) is 5. The minimum Gasteiger partial charge on any atom is -0.481 e. The van der Waals surface area contributed by atoms with Crippen molar-refractivity contribution in [2.24, 2.45) is 5.92 Å². The van der Waals surface area contributed by atoms with Crippen molar-refractivity contribution < 1.29 is 14.6 Å². The highest BCUT2D eigenvalue weighted by Gasteiger charge is 2.38. The first-order valence-electron chi connectivity index (χ1n) is 6.11. The topological polar surface area (TPSA) is 86.5 Å². The zero-order valence-corrected chi connectivity index (χ0v) is 10.6. The molecule has 1 N–H and O–H groups in total. The van der Waals surface area contributed by atoms with Gasteiger partial charge in [-0.3, -0.25) is 4.79 Å². The number of likely N-dealkylation sites (N-methyl/N-ethyl adjacent to an activating group) is 1. The molecule has 6 nitrogen and oxygen atoms in total. The number of nitriles is 1. The Labute approximate surface area is 111 Å². The van der Waals surface area contributed by atoms with E-state index in [-0.39, 0.29) is 12.6 Å². The molecule has 1 aliphatic heterocycles. The van der Waals surface area contributed by atoms with Crippen LogP contribution in [-0.2, 0) is 9.53 Å². The Morgan fingerprint density at radius 2 is 2.42 bits per heavy atom. The highest BCUT2D eigenvalue weighted by molar-refractivity contribution is 5.72. The van der Waals surface area contributed by atoms with Gasteiger partial charge in [0.2, 0.25) is 0 Å². The van der Waals surface area contributed by atoms with E-state index in [1.165, 1.54) is 0 Å². The molecule has 0 saturated carbocycles. The lowest BCUT2D eigenvalue weighted by Gasteiger charge is -2.30. The number of carboxylic acid groups (broad SMARTS) is 1. The van der Waals surface area contributed by atoms with Crippen molar-refractivity contribution in [2.75, 3.05) is 24.7 Å². The zero-order valence-electron chi connectivity index (χ0n) is 10.6. The Morgan fingerprint density at radius 1 is 1.63 bits per heavy atom. The summed E-state index contributed by atoms with van der Waals surface area (Å²) in [6, 6.07) is 6.89. The van der Waals surface area contributed by atoms with Crippen LogP contribution in [0, 0.1) is 17.2 Å². The molecule has 2 unspecified atom stereocenters. The van der Waals surface area contributed by atoms with E-state index >= 15 is 0 Å². The number of anilines is 1. The maximum atomic E-state index is 11.2. The smallest absolute Gasteiger partial charge is 0.311 e. The maximum absolute atomic E-state index is 11.2. The number of rotatable bonds is 4. The van der Waals surface area contributed by atoms with E-state index in [2.05, 4.69) is 4.98 Å². The van der Waals surface area contributed by atoms with Crippen LogP contribution in [-0.4, -0.2) is 41.9 Å². The third kappa shape index (κ3) is 2.66. The monoisotopic (exact) mass is 261 g/mol. The number of carboxylic acids is 1. The number of carbonyl (C=O) groups is 1. The van der Waals surface area contributed by atoms with Gasteiger partial charge in [-0.25, -0.2) is 4.98 Å². The summed E-state index contributed by atoms with van der Waals surface area (Å²) >= 11 is 0. The van der Waals surface area contributed by atoms with E-state index < -0.39 is 11.9 Å². The molecule has 6 heteroatoms. The Bertz CT molecular complexity index is 512. The fourth-order valence-electron chi connectivity index (χ4n) is 2.30. The second-order valence-electron chi connectivity index (χ2n) is 4.33. The number of pyridine rings is 1. The van der Waals surface area contributed by atoms with Crippen molar-refractivity contribution in [2.45, 2.75) is 13.0 Å². The molecule has 19 heavy (non-hydrogen) atoms. The van der Waals surface area contributed by atoms with Crippen molar-refractivity contribution in [3.63, 3.8) is 0 Å². The van der Waals surface area contributed by atoms with Crippen molar-refractivity contribution in [3.05, 3.63) is 23.9 Å². The second kappa shape index (κ2) is 5.67. The van der Waals surface area contributed by atoms with Gasteiger partial charge in [0.15, 0.2) is 0 Å². The Kier molecular flexibility index (Phi) is 3.97. The summed E-state index contributed by atoms with van der Waals surface area (Å²) in [6.45, 7) is 3.12. The van der Waals surface area contributed by atoms with Gasteiger partial charge in [-0.05, 0) is 19.1 Å². The fourth-order valence-corrected chi connectivity index (χ4v) is 2.30. The number of aliphatic carboxylic acids is 1. The number of ether oxygens (including phenoxy) is 1. The average Bonchev–Trinajstić information content (AvgIpc) is 2.89. The van der Waals surface area contributed by atoms with E-state index in [1.54, 1.807) is 18.2 Å². The van der Waals surface area contributed by atoms with Crippen LogP contribution in [0.1, 0.15) is 12.6 Å². The molecule has 0 aromatic carbocycles. The van der Waals surface area contributed by atoms with Crippen LogP contribution in [0.2, 0.25) is 0 Å². The number of aromatic nitrogens is 1. The van der Waals surface area contributed by atoms with Crippen LogP contribution in [0.4, 0.5) is 5.82 Å². The van der Waals surface area contributed by atoms with E-state index in [0.717, 1.165) is 0 Å². The van der Waals surface area contributed by atoms with Gasteiger partial charge in [0.1, 0.15) is 23.5 Å². The molecule has 100 valence electrons. The van der Waals surface area contributed by atoms with E-state index in [4.69, 9.17) is 10.00 Å². The Balaban J connectivity index is 2.29. The van der Waals surface area contributed by atoms with Gasteiger partial charge in [-0.1, -0.05) is 6.07 Å². The molecule has 1 aliphatic rings. The molecule has 2 rings (SSSR count). The standard InChI is InChI=1S/C13H15N3O3/c1-2-16(11-8-19-7-10(11)13(17)18)12-5-3-4-9(6-14)15-12/h3-5,10-11H,2,7-8H2,1H3,(H,17,18). The summed E-state index contributed by atoms with van der Waals surface area (Å²) in [5, 5.41) is 18.1. The maximum Gasteiger partial charge on any atom is 0.311 e. The van der Waals surface area contributed by atoms with Gasteiger partial charge >= 0.3 is 5.97 Å². The summed E-state index contributed by atoms with van der Waals surface area (Å²) in [4.78, 5) is 17.3. The molecule has 1 saturated heterocycles. The average molecular weight is 261 g/mol. The molecule has 1 aromatic rings. The van der Waals surface area contributed by atoms with Gasteiger partial charge in [-0.2, -0.15) is 5.26 Å². The van der Waals surface area contributed by atoms with Crippen LogP contribution in [0.25, 0.3) is 0 Å². The third-order valence-electron chi connectivity index (χ3n) is 3.25. The molecule has 0 bridgehead atoms. The van der Waals surface area contributed by atoms with Gasteiger partial charge < -0.3 is 14.7 Å². The van der Waals surface area contributed by atoms with E-state index in [0.29, 0.717) is 24.7 Å². The first-order valence-corrected chi connectivity index (χ1v) is 6.11.